The lowest BCUT2D eigenvalue weighted by Crippen LogP contribution is -2.33. The summed E-state index contributed by atoms with van der Waals surface area (Å²) in [6.45, 7) is 3.97. The Kier molecular flexibility index (Phi) is 6.09. The molecule has 1 aromatic rings. The first-order chi connectivity index (χ1) is 8.52. The molecule has 0 atom stereocenters. The molecule has 0 radical (unpaired) electrons. The number of carbonyl (C=O) groups is 1. The molecular formula is C13H17ClN2OS. The highest BCUT2D eigenvalue weighted by Crippen LogP contribution is 2.19. The molecule has 1 amide bonds. The molecule has 1 rings (SSSR count). The Morgan fingerprint density at radius 3 is 2.78 bits per heavy atom. The Bertz CT molecular complexity index is 449. The van der Waals surface area contributed by atoms with Gasteiger partial charge >= 0.3 is 0 Å². The van der Waals surface area contributed by atoms with Crippen molar-refractivity contribution in [3.05, 3.63) is 28.8 Å². The zero-order chi connectivity index (χ0) is 13.5. The lowest BCUT2D eigenvalue weighted by Gasteiger charge is -2.10. The fourth-order valence-corrected chi connectivity index (χ4v) is 1.77. The van der Waals surface area contributed by atoms with Gasteiger partial charge in [-0.3, -0.25) is 4.79 Å². The van der Waals surface area contributed by atoms with E-state index in [9.17, 15) is 4.79 Å². The normalized spacial score (nSPS) is 9.94. The van der Waals surface area contributed by atoms with Crippen molar-refractivity contribution in [3.8, 4) is 0 Å². The molecule has 0 aromatic heterocycles. The quantitative estimate of drug-likeness (QED) is 0.829. The largest absolute Gasteiger partial charge is 0.332 e. The summed E-state index contributed by atoms with van der Waals surface area (Å²) in [6.07, 6.45) is 2.35. The van der Waals surface area contributed by atoms with E-state index in [1.54, 1.807) is 6.07 Å². The molecular weight excluding hydrogens is 268 g/mol. The summed E-state index contributed by atoms with van der Waals surface area (Å²) in [7, 11) is 0. The molecule has 0 fully saturated rings. The SMILES string of the molecule is CCCCC(=O)NC(=S)Nc1ccc(C)c(Cl)c1. The van der Waals surface area contributed by atoms with Crippen LogP contribution < -0.4 is 10.6 Å². The second-order valence-electron chi connectivity index (χ2n) is 4.07. The minimum atomic E-state index is -0.0624. The van der Waals surface area contributed by atoms with E-state index < -0.39 is 0 Å². The number of hydrogen-bond acceptors (Lipinski definition) is 2. The highest BCUT2D eigenvalue weighted by Gasteiger charge is 2.05. The number of amides is 1. The molecule has 0 bridgehead atoms. The van der Waals surface area contributed by atoms with Gasteiger partial charge in [0.1, 0.15) is 0 Å². The molecule has 0 aliphatic rings. The number of halogens is 1. The third-order valence-corrected chi connectivity index (χ3v) is 3.05. The van der Waals surface area contributed by atoms with Gasteiger partial charge in [0.05, 0.1) is 0 Å². The highest BCUT2D eigenvalue weighted by molar-refractivity contribution is 7.80. The van der Waals surface area contributed by atoms with E-state index in [1.165, 1.54) is 0 Å². The molecule has 0 aliphatic heterocycles. The van der Waals surface area contributed by atoms with Gasteiger partial charge in [0.15, 0.2) is 5.11 Å². The zero-order valence-electron chi connectivity index (χ0n) is 10.5. The Labute approximate surface area is 118 Å². The topological polar surface area (TPSA) is 41.1 Å². The predicted molar refractivity (Wildman–Crippen MR) is 80.1 cm³/mol. The van der Waals surface area contributed by atoms with E-state index in [2.05, 4.69) is 10.6 Å². The van der Waals surface area contributed by atoms with Crippen LogP contribution in [-0.2, 0) is 4.79 Å². The number of benzene rings is 1. The molecule has 18 heavy (non-hydrogen) atoms. The molecule has 98 valence electrons. The first kappa shape index (κ1) is 14.9. The maximum Gasteiger partial charge on any atom is 0.226 e. The highest BCUT2D eigenvalue weighted by atomic mass is 35.5. The van der Waals surface area contributed by atoms with Crippen molar-refractivity contribution >= 4 is 40.5 Å². The van der Waals surface area contributed by atoms with Gasteiger partial charge in [-0.1, -0.05) is 31.0 Å². The standard InChI is InChI=1S/C13H17ClN2OS/c1-3-4-5-12(17)16-13(18)15-10-7-6-9(2)11(14)8-10/h6-8H,3-5H2,1-2H3,(H2,15,16,17,18). The Morgan fingerprint density at radius 2 is 2.17 bits per heavy atom. The summed E-state index contributed by atoms with van der Waals surface area (Å²) in [5, 5.41) is 6.54. The van der Waals surface area contributed by atoms with E-state index in [0.29, 0.717) is 16.6 Å². The second kappa shape index (κ2) is 7.34. The smallest absolute Gasteiger partial charge is 0.226 e. The van der Waals surface area contributed by atoms with Gasteiger partial charge in [-0.2, -0.15) is 0 Å². The number of aryl methyl sites for hydroxylation is 1. The van der Waals surface area contributed by atoms with Gasteiger partial charge in [0, 0.05) is 17.1 Å². The summed E-state index contributed by atoms with van der Waals surface area (Å²) in [5.74, 6) is -0.0624. The molecule has 0 aliphatic carbocycles. The van der Waals surface area contributed by atoms with Crippen LogP contribution in [0.25, 0.3) is 0 Å². The lowest BCUT2D eigenvalue weighted by molar-refractivity contribution is -0.119. The number of rotatable bonds is 4. The van der Waals surface area contributed by atoms with Crippen LogP contribution in [-0.4, -0.2) is 11.0 Å². The second-order valence-corrected chi connectivity index (χ2v) is 4.89. The summed E-state index contributed by atoms with van der Waals surface area (Å²) in [6, 6.07) is 5.54. The van der Waals surface area contributed by atoms with Crippen molar-refractivity contribution < 1.29 is 4.79 Å². The number of carbonyl (C=O) groups excluding carboxylic acids is 1. The molecule has 0 saturated carbocycles. The van der Waals surface area contributed by atoms with E-state index >= 15 is 0 Å². The van der Waals surface area contributed by atoms with Crippen molar-refractivity contribution in [2.45, 2.75) is 33.1 Å². The Balaban J connectivity index is 2.49. The average molecular weight is 285 g/mol. The van der Waals surface area contributed by atoms with Crippen LogP contribution in [0.1, 0.15) is 31.7 Å². The van der Waals surface area contributed by atoms with Crippen molar-refractivity contribution in [1.82, 2.24) is 5.32 Å². The first-order valence-electron chi connectivity index (χ1n) is 5.90. The Morgan fingerprint density at radius 1 is 1.44 bits per heavy atom. The molecule has 1 aromatic carbocycles. The van der Waals surface area contributed by atoms with Gasteiger partial charge in [0.2, 0.25) is 5.91 Å². The minimum absolute atomic E-state index is 0.0624. The fourth-order valence-electron chi connectivity index (χ4n) is 1.36. The van der Waals surface area contributed by atoms with Gasteiger partial charge in [-0.15, -0.1) is 0 Å². The molecule has 0 unspecified atom stereocenters. The molecule has 5 heteroatoms. The van der Waals surface area contributed by atoms with Gasteiger partial charge in [-0.05, 0) is 43.3 Å². The van der Waals surface area contributed by atoms with Gasteiger partial charge in [0.25, 0.3) is 0 Å². The van der Waals surface area contributed by atoms with Crippen LogP contribution >= 0.6 is 23.8 Å². The van der Waals surface area contributed by atoms with Gasteiger partial charge < -0.3 is 10.6 Å². The van der Waals surface area contributed by atoms with Crippen molar-refractivity contribution in [1.29, 1.82) is 0 Å². The van der Waals surface area contributed by atoms with Crippen LogP contribution in [0, 0.1) is 6.92 Å². The molecule has 0 spiro atoms. The van der Waals surface area contributed by atoms with E-state index in [4.69, 9.17) is 23.8 Å². The van der Waals surface area contributed by atoms with E-state index in [0.717, 1.165) is 24.1 Å². The van der Waals surface area contributed by atoms with Crippen molar-refractivity contribution in [2.75, 3.05) is 5.32 Å². The number of nitrogens with one attached hydrogen (secondary N) is 2. The van der Waals surface area contributed by atoms with Crippen LogP contribution in [0.15, 0.2) is 18.2 Å². The summed E-state index contributed by atoms with van der Waals surface area (Å²) < 4.78 is 0. The average Bonchev–Trinajstić information content (AvgIpc) is 2.31. The van der Waals surface area contributed by atoms with Crippen molar-refractivity contribution in [2.24, 2.45) is 0 Å². The van der Waals surface area contributed by atoms with Crippen LogP contribution in [0.5, 0.6) is 0 Å². The third-order valence-electron chi connectivity index (χ3n) is 2.44. The molecule has 0 saturated heterocycles. The Hall–Kier alpha value is -1.13. The van der Waals surface area contributed by atoms with Gasteiger partial charge in [-0.25, -0.2) is 0 Å². The van der Waals surface area contributed by atoms with Crippen molar-refractivity contribution in [3.63, 3.8) is 0 Å². The monoisotopic (exact) mass is 284 g/mol. The van der Waals surface area contributed by atoms with Crippen LogP contribution in [0.4, 0.5) is 5.69 Å². The van der Waals surface area contributed by atoms with Crippen LogP contribution in [0.3, 0.4) is 0 Å². The first-order valence-corrected chi connectivity index (χ1v) is 6.68. The molecule has 2 N–H and O–H groups in total. The number of thiocarbonyl (C=S) groups is 1. The fraction of sp³-hybridized carbons (Fsp3) is 0.385. The van der Waals surface area contributed by atoms with E-state index in [-0.39, 0.29) is 5.91 Å². The molecule has 0 heterocycles. The number of hydrogen-bond donors (Lipinski definition) is 2. The predicted octanol–water partition coefficient (Wildman–Crippen LogP) is 3.65. The maximum atomic E-state index is 11.5. The number of unbranched alkanes of at least 4 members (excludes halogenated alkanes) is 1. The summed E-state index contributed by atoms with van der Waals surface area (Å²) in [5.41, 5.74) is 1.77. The van der Waals surface area contributed by atoms with E-state index in [1.807, 2.05) is 26.0 Å². The third kappa shape index (κ3) is 5.02. The minimum Gasteiger partial charge on any atom is -0.332 e. The number of anilines is 1. The summed E-state index contributed by atoms with van der Waals surface area (Å²) in [4.78, 5) is 11.5. The maximum absolute atomic E-state index is 11.5. The van der Waals surface area contributed by atoms with Crippen LogP contribution in [0.2, 0.25) is 5.02 Å². The summed E-state index contributed by atoms with van der Waals surface area (Å²) >= 11 is 11.1. The molecule has 3 nitrogen and oxygen atoms in total. The lowest BCUT2D eigenvalue weighted by atomic mass is 10.2. The zero-order valence-corrected chi connectivity index (χ0v) is 12.1.